The maximum absolute atomic E-state index is 6.20. The first-order chi connectivity index (χ1) is 12.2. The third kappa shape index (κ3) is 3.30. The Morgan fingerprint density at radius 1 is 0.920 bits per heavy atom. The normalized spacial score (nSPS) is 21.0. The number of ether oxygens (including phenoxy) is 1. The number of likely N-dealkylation sites (N-methyl/N-ethyl adjacent to an activating group) is 1. The quantitative estimate of drug-likeness (QED) is 0.596. The molecular formula is C21H21ClN2O. The highest BCUT2D eigenvalue weighted by Gasteiger charge is 2.38. The van der Waals surface area contributed by atoms with Crippen LogP contribution in [-0.4, -0.2) is 30.0 Å². The Morgan fingerprint density at radius 3 is 2.32 bits per heavy atom. The van der Waals surface area contributed by atoms with Crippen LogP contribution in [0.4, 0.5) is 0 Å². The van der Waals surface area contributed by atoms with Crippen molar-refractivity contribution < 1.29 is 4.74 Å². The van der Waals surface area contributed by atoms with Gasteiger partial charge in [0.05, 0.1) is 0 Å². The molecule has 4 heteroatoms. The van der Waals surface area contributed by atoms with Gasteiger partial charge < -0.3 is 14.6 Å². The number of likely N-dealkylation sites (tertiary alicyclic amines) is 1. The van der Waals surface area contributed by atoms with Crippen molar-refractivity contribution in [2.75, 3.05) is 20.1 Å². The van der Waals surface area contributed by atoms with E-state index < -0.39 is 0 Å². The first-order valence-corrected chi connectivity index (χ1v) is 8.92. The molecule has 5 rings (SSSR count). The molecule has 1 saturated heterocycles. The third-order valence-electron chi connectivity index (χ3n) is 4.91. The molecule has 0 saturated carbocycles. The van der Waals surface area contributed by atoms with E-state index >= 15 is 0 Å². The molecule has 1 aromatic heterocycles. The maximum atomic E-state index is 6.20. The smallest absolute Gasteiger partial charge is 0.131 e. The highest BCUT2D eigenvalue weighted by Crippen LogP contribution is 2.49. The van der Waals surface area contributed by atoms with Gasteiger partial charge in [-0.15, -0.1) is 0 Å². The first-order valence-electron chi connectivity index (χ1n) is 8.55. The molecule has 2 atom stereocenters. The van der Waals surface area contributed by atoms with Crippen molar-refractivity contribution in [3.63, 3.8) is 0 Å². The van der Waals surface area contributed by atoms with Crippen LogP contribution in [-0.2, 0) is 0 Å². The van der Waals surface area contributed by atoms with Gasteiger partial charge in [0.15, 0.2) is 0 Å². The number of aromatic nitrogens is 1. The molecule has 128 valence electrons. The number of para-hydroxylation sites is 1. The molecule has 0 amide bonds. The standard InChI is InChI=1S/C17H16ClNO.C4H5N/c1-19-9-14-12-4-2-3-5-16(12)20-17-7-6-11(18)8-13(17)15(14)10-19;1-2-4-5-3-1/h2-8,14-15H,9-10H2,1H3;1-5H/t14-,15-;/m1./s1. The number of hydrogen-bond donors (Lipinski definition) is 1. The van der Waals surface area contributed by atoms with Crippen molar-refractivity contribution in [2.45, 2.75) is 11.8 Å². The molecule has 25 heavy (non-hydrogen) atoms. The summed E-state index contributed by atoms with van der Waals surface area (Å²) >= 11 is 6.20. The van der Waals surface area contributed by atoms with Gasteiger partial charge in [-0.2, -0.15) is 0 Å². The Labute approximate surface area is 153 Å². The summed E-state index contributed by atoms with van der Waals surface area (Å²) in [7, 11) is 2.18. The monoisotopic (exact) mass is 352 g/mol. The molecule has 0 aliphatic carbocycles. The molecule has 3 heterocycles. The van der Waals surface area contributed by atoms with Crippen molar-refractivity contribution in [1.82, 2.24) is 9.88 Å². The lowest BCUT2D eigenvalue weighted by Crippen LogP contribution is -2.14. The summed E-state index contributed by atoms with van der Waals surface area (Å²) in [4.78, 5) is 5.25. The van der Waals surface area contributed by atoms with E-state index in [1.165, 1.54) is 11.1 Å². The molecule has 2 aliphatic rings. The van der Waals surface area contributed by atoms with Crippen molar-refractivity contribution in [3.05, 3.63) is 83.1 Å². The Morgan fingerprint density at radius 2 is 1.60 bits per heavy atom. The average molecular weight is 353 g/mol. The van der Waals surface area contributed by atoms with Gasteiger partial charge in [0.2, 0.25) is 0 Å². The number of benzene rings is 2. The van der Waals surface area contributed by atoms with Gasteiger partial charge in [-0.05, 0) is 49.0 Å². The molecule has 2 aliphatic heterocycles. The van der Waals surface area contributed by atoms with E-state index in [-0.39, 0.29) is 0 Å². The number of nitrogens with one attached hydrogen (secondary N) is 1. The van der Waals surface area contributed by atoms with Crippen LogP contribution in [0.15, 0.2) is 67.0 Å². The lowest BCUT2D eigenvalue weighted by atomic mass is 9.84. The summed E-state index contributed by atoms with van der Waals surface area (Å²) in [6.45, 7) is 2.12. The number of hydrogen-bond acceptors (Lipinski definition) is 2. The van der Waals surface area contributed by atoms with Crippen molar-refractivity contribution >= 4 is 11.6 Å². The van der Waals surface area contributed by atoms with Crippen molar-refractivity contribution in [1.29, 1.82) is 0 Å². The third-order valence-corrected chi connectivity index (χ3v) is 5.14. The lowest BCUT2D eigenvalue weighted by Gasteiger charge is -2.17. The van der Waals surface area contributed by atoms with Gasteiger partial charge in [0.25, 0.3) is 0 Å². The second kappa shape index (κ2) is 6.95. The second-order valence-corrected chi connectivity index (χ2v) is 7.08. The fourth-order valence-electron chi connectivity index (χ4n) is 3.81. The molecule has 3 nitrogen and oxygen atoms in total. The van der Waals surface area contributed by atoms with E-state index in [9.17, 15) is 0 Å². The zero-order valence-corrected chi connectivity index (χ0v) is 14.9. The van der Waals surface area contributed by atoms with E-state index in [1.54, 1.807) is 0 Å². The Balaban J connectivity index is 0.000000272. The van der Waals surface area contributed by atoms with Crippen LogP contribution in [0, 0.1) is 0 Å². The van der Waals surface area contributed by atoms with E-state index in [0.29, 0.717) is 11.8 Å². The number of halogens is 1. The van der Waals surface area contributed by atoms with Crippen LogP contribution in [0.1, 0.15) is 23.0 Å². The largest absolute Gasteiger partial charge is 0.457 e. The molecule has 0 unspecified atom stereocenters. The van der Waals surface area contributed by atoms with Crippen LogP contribution in [0.3, 0.4) is 0 Å². The highest BCUT2D eigenvalue weighted by atomic mass is 35.5. The Hall–Kier alpha value is -2.23. The molecule has 0 radical (unpaired) electrons. The average Bonchev–Trinajstić information content (AvgIpc) is 3.28. The van der Waals surface area contributed by atoms with Gasteiger partial charge in [-0.1, -0.05) is 29.8 Å². The van der Waals surface area contributed by atoms with E-state index in [1.807, 2.05) is 42.7 Å². The van der Waals surface area contributed by atoms with Crippen LogP contribution < -0.4 is 4.74 Å². The fraction of sp³-hybridized carbons (Fsp3) is 0.238. The van der Waals surface area contributed by atoms with Gasteiger partial charge in [0, 0.05) is 47.9 Å². The number of fused-ring (bicyclic) bond motifs is 5. The van der Waals surface area contributed by atoms with Gasteiger partial charge in [-0.3, -0.25) is 0 Å². The van der Waals surface area contributed by atoms with Crippen LogP contribution in [0.5, 0.6) is 11.5 Å². The summed E-state index contributed by atoms with van der Waals surface area (Å²) in [5.41, 5.74) is 2.55. The molecule has 0 bridgehead atoms. The fourth-order valence-corrected chi connectivity index (χ4v) is 3.99. The number of H-pyrrole nitrogens is 1. The minimum Gasteiger partial charge on any atom is -0.457 e. The molecule has 2 aromatic carbocycles. The topological polar surface area (TPSA) is 28.3 Å². The zero-order valence-electron chi connectivity index (χ0n) is 14.2. The maximum Gasteiger partial charge on any atom is 0.131 e. The summed E-state index contributed by atoms with van der Waals surface area (Å²) in [6, 6.07) is 18.2. The Bertz CT molecular complexity index is 830. The highest BCUT2D eigenvalue weighted by molar-refractivity contribution is 6.30. The second-order valence-electron chi connectivity index (χ2n) is 6.64. The number of aromatic amines is 1. The predicted molar refractivity (Wildman–Crippen MR) is 102 cm³/mol. The van der Waals surface area contributed by atoms with E-state index in [0.717, 1.165) is 29.6 Å². The van der Waals surface area contributed by atoms with E-state index in [2.05, 4.69) is 41.2 Å². The first kappa shape index (κ1) is 16.2. The molecule has 1 N–H and O–H groups in total. The van der Waals surface area contributed by atoms with Crippen molar-refractivity contribution in [2.24, 2.45) is 0 Å². The lowest BCUT2D eigenvalue weighted by molar-refractivity contribution is 0.401. The summed E-state index contributed by atoms with van der Waals surface area (Å²) in [6.07, 6.45) is 3.75. The number of rotatable bonds is 0. The molecular weight excluding hydrogens is 332 g/mol. The number of nitrogens with zero attached hydrogens (tertiary/aromatic N) is 1. The SMILES string of the molecule is CN1C[C@@H]2c3ccccc3Oc3ccc(Cl)cc3[C@H]2C1.c1cc[nH]c1. The molecule has 1 fully saturated rings. The molecule has 3 aromatic rings. The minimum atomic E-state index is 0.456. The van der Waals surface area contributed by atoms with Crippen LogP contribution >= 0.6 is 11.6 Å². The minimum absolute atomic E-state index is 0.456. The summed E-state index contributed by atoms with van der Waals surface area (Å²) < 4.78 is 6.15. The van der Waals surface area contributed by atoms with Gasteiger partial charge in [0.1, 0.15) is 11.5 Å². The zero-order chi connectivity index (χ0) is 17.2. The van der Waals surface area contributed by atoms with Gasteiger partial charge >= 0.3 is 0 Å². The Kier molecular flexibility index (Phi) is 4.51. The van der Waals surface area contributed by atoms with Crippen molar-refractivity contribution in [3.8, 4) is 11.5 Å². The van der Waals surface area contributed by atoms with E-state index in [4.69, 9.17) is 16.3 Å². The summed E-state index contributed by atoms with van der Waals surface area (Å²) in [5.74, 6) is 2.87. The van der Waals surface area contributed by atoms with Crippen LogP contribution in [0.25, 0.3) is 0 Å². The van der Waals surface area contributed by atoms with Crippen LogP contribution in [0.2, 0.25) is 5.02 Å². The molecule has 0 spiro atoms. The predicted octanol–water partition coefficient (Wildman–Crippen LogP) is 5.27. The van der Waals surface area contributed by atoms with Gasteiger partial charge in [-0.25, -0.2) is 0 Å². The summed E-state index contributed by atoms with van der Waals surface area (Å²) in [5, 5.41) is 0.784.